The largest absolute Gasteiger partial charge is 0.573 e. The molecule has 5 N–H and O–H groups in total. The molecule has 3 aliphatic heterocycles. The lowest BCUT2D eigenvalue weighted by atomic mass is 10.0. The normalized spacial score (nSPS) is 18.5. The number of likely N-dealkylation sites (tertiary alicyclic amines) is 1. The van der Waals surface area contributed by atoms with Gasteiger partial charge in [0, 0.05) is 69.1 Å². The minimum absolute atomic E-state index is 0.0184. The molecule has 348 valence electrons. The molecule has 0 spiro atoms. The van der Waals surface area contributed by atoms with Gasteiger partial charge in [0.1, 0.15) is 23.5 Å². The lowest BCUT2D eigenvalue weighted by Gasteiger charge is -2.34. The zero-order valence-electron chi connectivity index (χ0n) is 35.3. The quantitative estimate of drug-likeness (QED) is 0.0636. The first-order valence-corrected chi connectivity index (χ1v) is 21.1. The number of ether oxygens (including phenoxy) is 2. The van der Waals surface area contributed by atoms with Gasteiger partial charge in [0.05, 0.1) is 36.1 Å². The maximum atomic E-state index is 15.3. The highest BCUT2D eigenvalue weighted by atomic mass is 19.4. The number of fused-ring (bicyclic) bond motifs is 1. The number of nitrogens with zero attached hydrogens (tertiary/aromatic N) is 5. The van der Waals surface area contributed by atoms with Crippen molar-refractivity contribution < 1.29 is 60.6 Å². The number of primary amides is 1. The van der Waals surface area contributed by atoms with Crippen molar-refractivity contribution in [2.75, 3.05) is 31.5 Å². The number of halogens is 4. The van der Waals surface area contributed by atoms with Crippen molar-refractivity contribution in [1.29, 1.82) is 0 Å². The highest BCUT2D eigenvalue weighted by Gasteiger charge is 2.45. The Bertz CT molecular complexity index is 2520. The van der Waals surface area contributed by atoms with E-state index in [1.54, 1.807) is 24.7 Å². The fourth-order valence-electron chi connectivity index (χ4n) is 7.85. The fourth-order valence-corrected chi connectivity index (χ4v) is 7.85. The number of carbonyl (C=O) groups is 7. The second kappa shape index (κ2) is 20.2. The van der Waals surface area contributed by atoms with Crippen LogP contribution >= 0.6 is 0 Å². The molecule has 66 heavy (non-hydrogen) atoms. The molecule has 0 bridgehead atoms. The Morgan fingerprint density at radius 2 is 1.74 bits per heavy atom. The van der Waals surface area contributed by atoms with Gasteiger partial charge in [-0.3, -0.25) is 43.8 Å². The number of hydrogen-bond acceptors (Lipinski definition) is 12. The summed E-state index contributed by atoms with van der Waals surface area (Å²) in [5, 5.41) is 8.18. The Balaban J connectivity index is 0.812. The average molecular weight is 920 g/mol. The topological polar surface area (TPSA) is 237 Å². The lowest BCUT2D eigenvalue weighted by Crippen LogP contribution is -2.54. The van der Waals surface area contributed by atoms with Crippen molar-refractivity contribution in [1.82, 2.24) is 35.0 Å². The number of alkyl halides is 4. The monoisotopic (exact) mass is 919 g/mol. The second-order valence-corrected chi connectivity index (χ2v) is 15.9. The SMILES string of the molecule is NC(=O)c1cc(-c2cn(CCCCNC(=O)CCCNc3cccc4c3C(=O)N(C3CCC(=O)NC3=O)C4=O)cn2)cnc1O[C@@H]1CCN(C(=O)Cc2ccc(OC(F)(F)F)cc2)C[C@H]1F. The molecule has 0 radical (unpaired) electrons. The summed E-state index contributed by atoms with van der Waals surface area (Å²) in [5.41, 5.74) is 7.63. The van der Waals surface area contributed by atoms with Crippen LogP contribution < -0.4 is 31.2 Å². The number of unbranched alkanes of at least 4 members (excludes halogenated alkanes) is 1. The van der Waals surface area contributed by atoms with E-state index in [2.05, 4.69) is 30.7 Å². The Kier molecular flexibility index (Phi) is 14.3. The number of nitrogens with one attached hydrogen (secondary N) is 3. The van der Waals surface area contributed by atoms with E-state index in [9.17, 15) is 46.7 Å². The van der Waals surface area contributed by atoms with Gasteiger partial charge in [0.15, 0.2) is 6.17 Å². The Morgan fingerprint density at radius 1 is 0.955 bits per heavy atom. The van der Waals surface area contributed by atoms with Gasteiger partial charge in [-0.1, -0.05) is 18.2 Å². The van der Waals surface area contributed by atoms with Crippen molar-refractivity contribution in [3.8, 4) is 22.9 Å². The number of anilines is 1. The molecule has 4 aromatic rings. The molecule has 3 atom stereocenters. The summed E-state index contributed by atoms with van der Waals surface area (Å²) in [7, 11) is 0. The summed E-state index contributed by atoms with van der Waals surface area (Å²) in [6, 6.07) is 9.98. The van der Waals surface area contributed by atoms with Crippen LogP contribution in [0.5, 0.6) is 11.6 Å². The summed E-state index contributed by atoms with van der Waals surface area (Å²) in [6.07, 6.45) is -0.794. The standard InChI is InChI=1S/C44H45F4N9O9/c45-30-22-56(37(60)19-25-8-10-27(11-9-25)66-44(46,47)48)18-14-34(30)65-41-29(39(49)61)20-26(21-52-41)32-23-55(24-53-32)17-2-1-15-51-35(58)7-4-16-50-31-6-3-5-28-38(31)43(64)57(42(28)63)33-12-13-36(59)54-40(33)62/h3,5-6,8-11,20-21,23-24,30,33-34,50H,1-2,4,7,12-19,22H2,(H2,49,61)(H,51,58)(H,54,59,62)/t30-,33?,34-/m1/s1. The molecule has 7 rings (SSSR count). The Labute approximate surface area is 374 Å². The van der Waals surface area contributed by atoms with E-state index in [-0.39, 0.29) is 73.7 Å². The van der Waals surface area contributed by atoms with Crippen molar-refractivity contribution in [2.24, 2.45) is 5.73 Å². The number of piperidine rings is 2. The van der Waals surface area contributed by atoms with Gasteiger partial charge in [0.25, 0.3) is 17.7 Å². The number of benzene rings is 2. The molecule has 18 nitrogen and oxygen atoms in total. The molecule has 2 aromatic heterocycles. The van der Waals surface area contributed by atoms with Gasteiger partial charge < -0.3 is 35.3 Å². The first-order valence-electron chi connectivity index (χ1n) is 21.1. The third kappa shape index (κ3) is 11.3. The van der Waals surface area contributed by atoms with Crippen LogP contribution in [0.25, 0.3) is 11.3 Å². The first-order chi connectivity index (χ1) is 31.5. The number of carbonyl (C=O) groups excluding carboxylic acids is 7. The van der Waals surface area contributed by atoms with Crippen LogP contribution in [0.4, 0.5) is 23.2 Å². The molecule has 1 unspecified atom stereocenters. The van der Waals surface area contributed by atoms with Crippen LogP contribution in [0.2, 0.25) is 0 Å². The van der Waals surface area contributed by atoms with E-state index >= 15 is 4.39 Å². The summed E-state index contributed by atoms with van der Waals surface area (Å²) >= 11 is 0. The smallest absolute Gasteiger partial charge is 0.471 e. The predicted octanol–water partition coefficient (Wildman–Crippen LogP) is 3.69. The second-order valence-electron chi connectivity index (χ2n) is 15.9. The number of imidazole rings is 1. The summed E-state index contributed by atoms with van der Waals surface area (Å²) in [5.74, 6) is -4.42. The number of amides is 7. The molecule has 22 heteroatoms. The summed E-state index contributed by atoms with van der Waals surface area (Å²) in [4.78, 5) is 99.0. The molecule has 2 aromatic carbocycles. The molecule has 3 aliphatic rings. The van der Waals surface area contributed by atoms with Crippen LogP contribution in [-0.4, -0.2) is 117 Å². The number of aryl methyl sites for hydroxylation is 1. The number of aromatic nitrogens is 3. The third-order valence-electron chi connectivity index (χ3n) is 11.2. The maximum absolute atomic E-state index is 15.3. The minimum Gasteiger partial charge on any atom is -0.471 e. The van der Waals surface area contributed by atoms with Crippen LogP contribution in [0.1, 0.15) is 81.6 Å². The molecule has 0 saturated carbocycles. The van der Waals surface area contributed by atoms with Crippen LogP contribution in [0, 0.1) is 0 Å². The van der Waals surface area contributed by atoms with E-state index in [1.807, 2.05) is 4.57 Å². The summed E-state index contributed by atoms with van der Waals surface area (Å²) < 4.78 is 64.2. The Morgan fingerprint density at radius 3 is 2.47 bits per heavy atom. The van der Waals surface area contributed by atoms with E-state index in [1.165, 1.54) is 35.4 Å². The zero-order valence-corrected chi connectivity index (χ0v) is 35.3. The Hall–Kier alpha value is -7.39. The number of hydrogen-bond donors (Lipinski definition) is 4. The van der Waals surface area contributed by atoms with Crippen LogP contribution in [0.3, 0.4) is 0 Å². The molecular formula is C44H45F4N9O9. The minimum atomic E-state index is -4.85. The van der Waals surface area contributed by atoms with Crippen molar-refractivity contribution in [3.63, 3.8) is 0 Å². The fraction of sp³-hybridized carbons (Fsp3) is 0.386. The number of imide groups is 2. The van der Waals surface area contributed by atoms with Gasteiger partial charge in [-0.15, -0.1) is 13.2 Å². The van der Waals surface area contributed by atoms with Gasteiger partial charge in [-0.25, -0.2) is 14.4 Å². The highest BCUT2D eigenvalue weighted by Crippen LogP contribution is 2.33. The van der Waals surface area contributed by atoms with Gasteiger partial charge in [-0.2, -0.15) is 0 Å². The molecule has 0 aliphatic carbocycles. The molecule has 5 heterocycles. The lowest BCUT2D eigenvalue weighted by molar-refractivity contribution is -0.274. The van der Waals surface area contributed by atoms with E-state index < -0.39 is 65.9 Å². The van der Waals surface area contributed by atoms with Crippen molar-refractivity contribution in [2.45, 2.75) is 82.6 Å². The summed E-state index contributed by atoms with van der Waals surface area (Å²) in [6.45, 7) is 1.14. The van der Waals surface area contributed by atoms with Crippen molar-refractivity contribution >= 4 is 47.0 Å². The van der Waals surface area contributed by atoms with E-state index in [0.29, 0.717) is 61.4 Å². The highest BCUT2D eigenvalue weighted by molar-refractivity contribution is 6.25. The van der Waals surface area contributed by atoms with Crippen molar-refractivity contribution in [3.05, 3.63) is 89.5 Å². The third-order valence-corrected chi connectivity index (χ3v) is 11.2. The number of nitrogens with two attached hydrogens (primary N) is 1. The van der Waals surface area contributed by atoms with Gasteiger partial charge >= 0.3 is 6.36 Å². The molecular weight excluding hydrogens is 875 g/mol. The molecule has 2 fully saturated rings. The maximum Gasteiger partial charge on any atom is 0.573 e. The van der Waals surface area contributed by atoms with Gasteiger partial charge in [-0.05, 0) is 61.6 Å². The zero-order chi connectivity index (χ0) is 47.1. The number of pyridine rings is 1. The van der Waals surface area contributed by atoms with Gasteiger partial charge in [0.2, 0.25) is 29.5 Å². The molecule has 7 amide bonds. The molecule has 2 saturated heterocycles. The van der Waals surface area contributed by atoms with E-state index in [4.69, 9.17) is 10.5 Å². The van der Waals surface area contributed by atoms with E-state index in [0.717, 1.165) is 17.0 Å². The van der Waals surface area contributed by atoms with Crippen LogP contribution in [0.15, 0.2) is 67.3 Å². The predicted molar refractivity (Wildman–Crippen MR) is 224 cm³/mol. The average Bonchev–Trinajstić information content (AvgIpc) is 3.85. The van der Waals surface area contributed by atoms with Crippen LogP contribution in [-0.2, 0) is 32.1 Å². The number of rotatable bonds is 18. The first kappa shape index (κ1) is 46.6.